The molecule has 1 rings (SSSR count). The highest BCUT2D eigenvalue weighted by atomic mass is 32.2. The molecule has 0 bridgehead atoms. The summed E-state index contributed by atoms with van der Waals surface area (Å²) in [7, 11) is 0. The van der Waals surface area contributed by atoms with Crippen LogP contribution in [-0.4, -0.2) is 32.9 Å². The molecule has 0 unspecified atom stereocenters. The van der Waals surface area contributed by atoms with Crippen molar-refractivity contribution in [3.8, 4) is 0 Å². The monoisotopic (exact) mass is 261 g/mol. The maximum Gasteiger partial charge on any atom is 0.347 e. The fourth-order valence-electron chi connectivity index (χ4n) is 1.01. The van der Waals surface area contributed by atoms with E-state index >= 15 is 0 Å². The number of aryl methyl sites for hydroxylation is 1. The minimum Gasteiger partial charge on any atom is -0.481 e. The third-order valence-corrected chi connectivity index (χ3v) is 4.11. The molecule has 0 saturated heterocycles. The van der Waals surface area contributed by atoms with E-state index in [1.165, 1.54) is 11.8 Å². The largest absolute Gasteiger partial charge is 0.481 e. The number of carboxylic acids is 2. The van der Waals surface area contributed by atoms with E-state index in [4.69, 9.17) is 10.2 Å². The molecule has 0 aliphatic heterocycles. The Labute approximate surface area is 101 Å². The predicted octanol–water partition coefficient (Wildman–Crippen LogP) is 2.11. The maximum absolute atomic E-state index is 10.7. The van der Waals surface area contributed by atoms with Crippen LogP contribution in [0.1, 0.15) is 28.2 Å². The van der Waals surface area contributed by atoms with E-state index in [1.54, 1.807) is 6.92 Å². The van der Waals surface area contributed by atoms with Gasteiger partial charge in [-0.25, -0.2) is 9.78 Å². The Morgan fingerprint density at radius 3 is 2.62 bits per heavy atom. The maximum atomic E-state index is 10.7. The predicted molar refractivity (Wildman–Crippen MR) is 61.4 cm³/mol. The smallest absolute Gasteiger partial charge is 0.347 e. The second-order valence-corrected chi connectivity index (χ2v) is 5.39. The zero-order valence-corrected chi connectivity index (χ0v) is 10.2. The number of aliphatic carboxylic acids is 1. The highest BCUT2D eigenvalue weighted by Crippen LogP contribution is 2.27. The van der Waals surface area contributed by atoms with Crippen molar-refractivity contribution in [3.63, 3.8) is 0 Å². The highest BCUT2D eigenvalue weighted by Gasteiger charge is 2.13. The van der Waals surface area contributed by atoms with Crippen LogP contribution in [0, 0.1) is 6.92 Å². The summed E-state index contributed by atoms with van der Waals surface area (Å²) in [6, 6.07) is 0. The minimum atomic E-state index is -0.965. The standard InChI is InChI=1S/C9H11NO4S2/c1-5-7(8(13)14)16-9(10-5)15-4-2-3-6(11)12/h2-4H2,1H3,(H,11,12)(H,13,14). The van der Waals surface area contributed by atoms with Gasteiger partial charge in [-0.1, -0.05) is 11.8 Å². The molecule has 1 aromatic rings. The number of rotatable bonds is 6. The fraction of sp³-hybridized carbons (Fsp3) is 0.444. The second kappa shape index (κ2) is 5.86. The lowest BCUT2D eigenvalue weighted by Gasteiger charge is -1.94. The summed E-state index contributed by atoms with van der Waals surface area (Å²) in [5.41, 5.74) is 0.512. The number of carbonyl (C=O) groups is 2. The topological polar surface area (TPSA) is 87.5 Å². The quantitative estimate of drug-likeness (QED) is 0.602. The van der Waals surface area contributed by atoms with Crippen molar-refractivity contribution in [3.05, 3.63) is 10.6 Å². The van der Waals surface area contributed by atoms with E-state index < -0.39 is 11.9 Å². The van der Waals surface area contributed by atoms with Crippen LogP contribution < -0.4 is 0 Å². The molecule has 0 aliphatic rings. The van der Waals surface area contributed by atoms with Crippen LogP contribution in [0.15, 0.2) is 4.34 Å². The first-order valence-corrected chi connectivity index (χ1v) is 6.36. The van der Waals surface area contributed by atoms with Crippen LogP contribution in [0.5, 0.6) is 0 Å². The average molecular weight is 261 g/mol. The van der Waals surface area contributed by atoms with Crippen molar-refractivity contribution < 1.29 is 19.8 Å². The molecule has 88 valence electrons. The van der Waals surface area contributed by atoms with Gasteiger partial charge in [-0.15, -0.1) is 11.3 Å². The molecule has 0 radical (unpaired) electrons. The number of thiazole rings is 1. The van der Waals surface area contributed by atoms with Gasteiger partial charge in [0.2, 0.25) is 0 Å². The van der Waals surface area contributed by atoms with Gasteiger partial charge >= 0.3 is 11.9 Å². The Morgan fingerprint density at radius 2 is 2.12 bits per heavy atom. The molecule has 0 amide bonds. The van der Waals surface area contributed by atoms with Crippen LogP contribution in [0.25, 0.3) is 0 Å². The summed E-state index contributed by atoms with van der Waals surface area (Å²) in [5, 5.41) is 17.2. The van der Waals surface area contributed by atoms with E-state index in [0.29, 0.717) is 22.2 Å². The van der Waals surface area contributed by atoms with Crippen LogP contribution in [-0.2, 0) is 4.79 Å². The number of aromatic nitrogens is 1. The van der Waals surface area contributed by atoms with E-state index in [1.807, 2.05) is 0 Å². The Morgan fingerprint density at radius 1 is 1.44 bits per heavy atom. The summed E-state index contributed by atoms with van der Waals surface area (Å²) >= 11 is 2.53. The molecule has 16 heavy (non-hydrogen) atoms. The summed E-state index contributed by atoms with van der Waals surface area (Å²) in [6.07, 6.45) is 0.685. The molecule has 1 aromatic heterocycles. The molecule has 2 N–H and O–H groups in total. The number of hydrogen-bond donors (Lipinski definition) is 2. The Kier molecular flexibility index (Phi) is 4.75. The molecule has 1 heterocycles. The lowest BCUT2D eigenvalue weighted by molar-refractivity contribution is -0.137. The van der Waals surface area contributed by atoms with Gasteiger partial charge in [0.05, 0.1) is 5.69 Å². The molecule has 0 atom stereocenters. The summed E-state index contributed by atoms with van der Waals surface area (Å²) in [6.45, 7) is 1.65. The molecule has 0 aromatic carbocycles. The van der Waals surface area contributed by atoms with Gasteiger partial charge in [-0.05, 0) is 13.3 Å². The number of hydrogen-bond acceptors (Lipinski definition) is 5. The van der Waals surface area contributed by atoms with Gasteiger partial charge in [-0.3, -0.25) is 4.79 Å². The first kappa shape index (κ1) is 13.0. The third kappa shape index (κ3) is 3.82. The van der Waals surface area contributed by atoms with Gasteiger partial charge < -0.3 is 10.2 Å². The van der Waals surface area contributed by atoms with E-state index in [0.717, 1.165) is 11.3 Å². The first-order valence-electron chi connectivity index (χ1n) is 4.56. The molecular weight excluding hydrogens is 250 g/mol. The van der Waals surface area contributed by atoms with E-state index in [2.05, 4.69) is 4.98 Å². The van der Waals surface area contributed by atoms with Crippen molar-refractivity contribution in [1.29, 1.82) is 0 Å². The zero-order chi connectivity index (χ0) is 12.1. The van der Waals surface area contributed by atoms with E-state index in [9.17, 15) is 9.59 Å². The van der Waals surface area contributed by atoms with Crippen molar-refractivity contribution >= 4 is 35.0 Å². The second-order valence-electron chi connectivity index (χ2n) is 3.05. The summed E-state index contributed by atoms with van der Waals surface area (Å²) in [5.74, 6) is -1.15. The Bertz CT molecular complexity index is 402. The van der Waals surface area contributed by atoms with E-state index in [-0.39, 0.29) is 11.3 Å². The SMILES string of the molecule is Cc1nc(SCCCC(=O)O)sc1C(=O)O. The van der Waals surface area contributed by atoms with Crippen molar-refractivity contribution in [2.24, 2.45) is 0 Å². The Balaban J connectivity index is 2.46. The van der Waals surface area contributed by atoms with Gasteiger partial charge in [0, 0.05) is 12.2 Å². The highest BCUT2D eigenvalue weighted by molar-refractivity contribution is 8.01. The number of thioether (sulfide) groups is 1. The van der Waals surface area contributed by atoms with Crippen molar-refractivity contribution in [2.45, 2.75) is 24.1 Å². The summed E-state index contributed by atoms with van der Waals surface area (Å²) < 4.78 is 0.681. The van der Waals surface area contributed by atoms with Crippen molar-refractivity contribution in [1.82, 2.24) is 4.98 Å². The number of aromatic carboxylic acids is 1. The molecule has 5 nitrogen and oxygen atoms in total. The lowest BCUT2D eigenvalue weighted by Crippen LogP contribution is -1.94. The molecule has 0 aliphatic carbocycles. The first-order chi connectivity index (χ1) is 7.50. The average Bonchev–Trinajstić information content (AvgIpc) is 2.54. The fourth-order valence-corrected chi connectivity index (χ4v) is 3.05. The van der Waals surface area contributed by atoms with Crippen LogP contribution in [0.4, 0.5) is 0 Å². The molecule has 0 spiro atoms. The third-order valence-electron chi connectivity index (χ3n) is 1.73. The molecular formula is C9H11NO4S2. The molecule has 0 fully saturated rings. The molecule has 0 saturated carbocycles. The lowest BCUT2D eigenvalue weighted by atomic mass is 10.3. The van der Waals surface area contributed by atoms with Gasteiger partial charge in [0.15, 0.2) is 4.34 Å². The van der Waals surface area contributed by atoms with Crippen LogP contribution in [0.2, 0.25) is 0 Å². The van der Waals surface area contributed by atoms with Gasteiger partial charge in [0.25, 0.3) is 0 Å². The molecule has 7 heteroatoms. The van der Waals surface area contributed by atoms with Gasteiger partial charge in [-0.2, -0.15) is 0 Å². The number of nitrogens with zero attached hydrogens (tertiary/aromatic N) is 1. The Hall–Kier alpha value is -1.08. The van der Waals surface area contributed by atoms with Crippen LogP contribution >= 0.6 is 23.1 Å². The minimum absolute atomic E-state index is 0.128. The zero-order valence-electron chi connectivity index (χ0n) is 8.60. The number of carboxylic acid groups (broad SMARTS) is 2. The van der Waals surface area contributed by atoms with Gasteiger partial charge in [0.1, 0.15) is 4.88 Å². The normalized spacial score (nSPS) is 10.3. The van der Waals surface area contributed by atoms with Crippen LogP contribution in [0.3, 0.4) is 0 Å². The van der Waals surface area contributed by atoms with Crippen molar-refractivity contribution in [2.75, 3.05) is 5.75 Å². The summed E-state index contributed by atoms with van der Waals surface area (Å²) in [4.78, 5) is 25.3.